The minimum atomic E-state index is -0.611. The topological polar surface area (TPSA) is 187 Å². The molecule has 4 aromatic carbocycles. The van der Waals surface area contributed by atoms with Gasteiger partial charge in [-0.1, -0.05) is 49.3 Å². The molecule has 2 bridgehead atoms. The summed E-state index contributed by atoms with van der Waals surface area (Å²) < 4.78 is 28.5. The number of carbonyl (C=O) groups is 3. The van der Waals surface area contributed by atoms with Crippen molar-refractivity contribution in [3.05, 3.63) is 157 Å². The van der Waals surface area contributed by atoms with Crippen LogP contribution in [0.4, 0.5) is 5.69 Å². The highest BCUT2D eigenvalue weighted by Gasteiger charge is 2.44. The first kappa shape index (κ1) is 65.7. The van der Waals surface area contributed by atoms with Crippen molar-refractivity contribution in [3.8, 4) is 28.7 Å². The van der Waals surface area contributed by atoms with Gasteiger partial charge in [-0.05, 0) is 254 Å². The van der Waals surface area contributed by atoms with Crippen LogP contribution in [0.25, 0.3) is 17.0 Å². The number of benzene rings is 4. The van der Waals surface area contributed by atoms with Gasteiger partial charge in [0.05, 0.1) is 20.3 Å². The maximum absolute atomic E-state index is 13.0. The highest BCUT2D eigenvalue weighted by atomic mass is 16.5. The first-order valence-electron chi connectivity index (χ1n) is 30.2. The molecule has 0 radical (unpaired) electrons. The smallest absolute Gasteiger partial charge is 0.360 e. The SMILES string of the molecule is C=C1CCCC(CCNCCCOc2ccc3cc(NC(=O)c4ccc(OC)c(CC=C(C)C)c4)c(=O)oc3c2C)C1.CC.CC(C)=CCc1cc(C(=O)N/C(C)=C/c2ccc(OCCCNC34CCC(CC3)C4)c(C)c2OC=O)ccc1O. The van der Waals surface area contributed by atoms with Crippen molar-refractivity contribution in [3.63, 3.8) is 0 Å². The molecule has 1 aromatic heterocycles. The van der Waals surface area contributed by atoms with E-state index in [2.05, 4.69) is 33.9 Å². The number of carbonyl (C=O) groups excluding carboxylic acids is 3. The fraction of sp³-hybridized carbons (Fsp3) is 0.457. The highest BCUT2D eigenvalue weighted by molar-refractivity contribution is 6.05. The Morgan fingerprint density at radius 1 is 0.786 bits per heavy atom. The van der Waals surface area contributed by atoms with Crippen molar-refractivity contribution < 1.29 is 42.9 Å². The Labute approximate surface area is 498 Å². The summed E-state index contributed by atoms with van der Waals surface area (Å²) in [6, 6.07) is 19.1. The molecule has 1 heterocycles. The number of fused-ring (bicyclic) bond motifs is 3. The largest absolute Gasteiger partial charge is 0.508 e. The molecular formula is C70H92N4O10. The maximum Gasteiger partial charge on any atom is 0.360 e. The normalized spacial score (nSPS) is 17.0. The lowest BCUT2D eigenvalue weighted by molar-refractivity contribution is -0.120. The van der Waals surface area contributed by atoms with Gasteiger partial charge in [0.1, 0.15) is 40.0 Å². The number of nitrogens with one attached hydrogen (secondary N) is 4. The van der Waals surface area contributed by atoms with E-state index in [0.29, 0.717) is 100.0 Å². The molecule has 0 aliphatic heterocycles. The minimum absolute atomic E-state index is 0.0888. The number of amides is 2. The van der Waals surface area contributed by atoms with Crippen molar-refractivity contribution >= 4 is 41.0 Å². The van der Waals surface area contributed by atoms with Crippen LogP contribution in [0.2, 0.25) is 0 Å². The standard InChI is InChI=1S/C35H44N2O5.C33H42N2O5.C2H6/c1-23(2)10-11-27-21-29(13-15-32(27)40-5)34(38)37-30-22-28-12-14-31(25(4)33(28)42-35(30)39)41-19-7-17-36-18-16-26-9-6-8-24(3)20-26;1-22(2)6-7-26-19-28(8-10-29(26)37)32(38)35-23(3)18-27-9-11-30(24(4)31(27)40-21-36)39-17-5-16-34-33-14-12-25(20-33)13-15-33;1-2/h10,12-15,21-22,26,36H,3,6-9,11,16-20H2,1-2,4-5H3,(H,37,38);6,8-11,18-19,21,25,34,37H,5,7,12-17,20H2,1-4H3,(H,35,38);1-2H3/b;23-18+;. The summed E-state index contributed by atoms with van der Waals surface area (Å²) in [4.78, 5) is 50.1. The zero-order valence-corrected chi connectivity index (χ0v) is 51.6. The summed E-state index contributed by atoms with van der Waals surface area (Å²) in [5, 5.41) is 23.8. The summed E-state index contributed by atoms with van der Waals surface area (Å²) >= 11 is 0. The number of ether oxygens (including phenoxy) is 4. The second kappa shape index (κ2) is 32.6. The molecule has 0 spiro atoms. The quantitative estimate of drug-likeness (QED) is 0.0153. The molecule has 5 N–H and O–H groups in total. The maximum atomic E-state index is 13.0. The first-order chi connectivity index (χ1) is 40.4. The number of aryl methyl sites for hydroxylation is 1. The van der Waals surface area contributed by atoms with E-state index in [-0.39, 0.29) is 17.3 Å². The van der Waals surface area contributed by atoms with Gasteiger partial charge < -0.3 is 49.7 Å². The number of rotatable bonds is 26. The molecule has 3 fully saturated rings. The molecule has 1 atom stereocenters. The van der Waals surface area contributed by atoms with Crippen LogP contribution in [0.1, 0.15) is 174 Å². The van der Waals surface area contributed by atoms with E-state index in [1.807, 2.05) is 85.7 Å². The zero-order valence-electron chi connectivity index (χ0n) is 51.6. The molecule has 452 valence electrons. The highest BCUT2D eigenvalue weighted by Crippen LogP contribution is 2.47. The minimum Gasteiger partial charge on any atom is -0.508 e. The Kier molecular flexibility index (Phi) is 25.5. The number of methoxy groups -OCH3 is 1. The van der Waals surface area contributed by atoms with E-state index in [0.717, 1.165) is 66.6 Å². The van der Waals surface area contributed by atoms with Crippen molar-refractivity contribution in [2.75, 3.05) is 45.3 Å². The van der Waals surface area contributed by atoms with Gasteiger partial charge in [-0.25, -0.2) is 4.79 Å². The number of anilines is 1. The number of hydrogen-bond acceptors (Lipinski definition) is 12. The average Bonchev–Trinajstić information content (AvgIpc) is 4.03. The molecular weight excluding hydrogens is 1060 g/mol. The lowest BCUT2D eigenvalue weighted by Gasteiger charge is -2.28. The van der Waals surface area contributed by atoms with Crippen molar-refractivity contribution in [1.82, 2.24) is 16.0 Å². The number of phenolic OH excluding ortho intramolecular Hbond substituents is 1. The first-order valence-corrected chi connectivity index (χ1v) is 30.2. The molecule has 3 aliphatic rings. The lowest BCUT2D eigenvalue weighted by atomic mass is 9.84. The monoisotopic (exact) mass is 1150 g/mol. The van der Waals surface area contributed by atoms with E-state index in [9.17, 15) is 24.3 Å². The summed E-state index contributed by atoms with van der Waals surface area (Å²) in [7, 11) is 1.61. The second-order valence-electron chi connectivity index (χ2n) is 23.0. The molecule has 2 amide bonds. The summed E-state index contributed by atoms with van der Waals surface area (Å²) in [6.07, 6.45) is 21.6. The number of phenols is 1. The van der Waals surface area contributed by atoms with E-state index < -0.39 is 11.5 Å². The van der Waals surface area contributed by atoms with Crippen molar-refractivity contribution in [2.24, 2.45) is 11.8 Å². The third-order valence-electron chi connectivity index (χ3n) is 16.0. The molecule has 0 saturated heterocycles. The van der Waals surface area contributed by atoms with Crippen LogP contribution >= 0.6 is 0 Å². The summed E-state index contributed by atoms with van der Waals surface area (Å²) in [5.41, 5.74) is 9.18. The molecule has 1 unspecified atom stereocenters. The fourth-order valence-corrected chi connectivity index (χ4v) is 11.4. The van der Waals surface area contributed by atoms with Gasteiger partial charge in [-0.2, -0.15) is 0 Å². The number of hydrogen-bond donors (Lipinski definition) is 5. The van der Waals surface area contributed by atoms with E-state index >= 15 is 0 Å². The zero-order chi connectivity index (χ0) is 60.8. The Balaban J connectivity index is 0.000000262. The van der Waals surface area contributed by atoms with Crippen molar-refractivity contribution in [1.29, 1.82) is 0 Å². The number of allylic oxidation sites excluding steroid dienone is 6. The van der Waals surface area contributed by atoms with Crippen LogP contribution in [0, 0.1) is 25.7 Å². The molecule has 3 saturated carbocycles. The van der Waals surface area contributed by atoms with E-state index in [4.69, 9.17) is 23.4 Å². The van der Waals surface area contributed by atoms with Crippen LogP contribution in [-0.2, 0) is 17.6 Å². The van der Waals surface area contributed by atoms with Gasteiger partial charge >= 0.3 is 5.63 Å². The molecule has 14 heteroatoms. The van der Waals surface area contributed by atoms with Crippen LogP contribution in [-0.4, -0.2) is 68.9 Å². The second-order valence-corrected chi connectivity index (χ2v) is 23.0. The summed E-state index contributed by atoms with van der Waals surface area (Å²) in [5.74, 6) is 3.63. The third kappa shape index (κ3) is 19.1. The van der Waals surface area contributed by atoms with Gasteiger partial charge in [-0.3, -0.25) is 14.4 Å². The molecule has 84 heavy (non-hydrogen) atoms. The Bertz CT molecular complexity index is 3210. The van der Waals surface area contributed by atoms with Gasteiger partial charge in [0.2, 0.25) is 0 Å². The summed E-state index contributed by atoms with van der Waals surface area (Å²) in [6.45, 7) is 26.1. The van der Waals surface area contributed by atoms with Crippen LogP contribution in [0.15, 0.2) is 117 Å². The predicted molar refractivity (Wildman–Crippen MR) is 339 cm³/mol. The van der Waals surface area contributed by atoms with Crippen LogP contribution < -0.4 is 45.8 Å². The van der Waals surface area contributed by atoms with E-state index in [1.165, 1.54) is 81.4 Å². The van der Waals surface area contributed by atoms with Crippen molar-refractivity contribution in [2.45, 2.75) is 158 Å². The Morgan fingerprint density at radius 2 is 1.43 bits per heavy atom. The fourth-order valence-electron chi connectivity index (χ4n) is 11.4. The Hall–Kier alpha value is -7.42. The predicted octanol–water partition coefficient (Wildman–Crippen LogP) is 14.6. The average molecular weight is 1150 g/mol. The van der Waals surface area contributed by atoms with Gasteiger partial charge in [0.15, 0.2) is 0 Å². The van der Waals surface area contributed by atoms with Crippen LogP contribution in [0.3, 0.4) is 0 Å². The van der Waals surface area contributed by atoms with Gasteiger partial charge in [0, 0.05) is 44.4 Å². The molecule has 14 nitrogen and oxygen atoms in total. The third-order valence-corrected chi connectivity index (χ3v) is 16.0. The van der Waals surface area contributed by atoms with Crippen LogP contribution in [0.5, 0.6) is 28.7 Å². The van der Waals surface area contributed by atoms with Gasteiger partial charge in [-0.15, -0.1) is 0 Å². The number of aromatic hydroxyl groups is 1. The molecule has 8 rings (SSSR count). The lowest BCUT2D eigenvalue weighted by Crippen LogP contribution is -2.41. The molecule has 5 aromatic rings. The van der Waals surface area contributed by atoms with E-state index in [1.54, 1.807) is 56.5 Å². The Morgan fingerprint density at radius 3 is 2.10 bits per heavy atom. The van der Waals surface area contributed by atoms with Gasteiger partial charge in [0.25, 0.3) is 18.3 Å². The molecule has 3 aliphatic carbocycles.